The second kappa shape index (κ2) is 8.19. The van der Waals surface area contributed by atoms with E-state index in [1.54, 1.807) is 12.3 Å². The Bertz CT molecular complexity index is 1250. The first kappa shape index (κ1) is 21.1. The lowest BCUT2D eigenvalue weighted by Crippen LogP contribution is -2.31. The van der Waals surface area contributed by atoms with Gasteiger partial charge in [-0.05, 0) is 37.1 Å². The molecule has 1 amide bonds. The molecule has 164 valence electrons. The second-order valence-electron chi connectivity index (χ2n) is 7.25. The first-order valence-corrected chi connectivity index (χ1v) is 11.3. The molecule has 3 N–H and O–H groups in total. The van der Waals surface area contributed by atoms with Crippen LogP contribution < -0.4 is 15.4 Å². The number of rotatable bonds is 6. The number of carbonyl (C=O) groups is 1. The number of hydrogen-bond donors (Lipinski definition) is 2. The lowest BCUT2D eigenvalue weighted by molar-refractivity contribution is 0.0957. The van der Waals surface area contributed by atoms with E-state index in [4.69, 9.17) is 5.14 Å². The molecule has 2 aromatic heterocycles. The number of anilines is 1. The van der Waals surface area contributed by atoms with Crippen molar-refractivity contribution in [3.05, 3.63) is 59.4 Å². The first-order valence-electron chi connectivity index (χ1n) is 9.57. The molecule has 0 radical (unpaired) electrons. The third kappa shape index (κ3) is 4.49. The summed E-state index contributed by atoms with van der Waals surface area (Å²) in [6.07, 6.45) is 4.35. The molecule has 12 heteroatoms. The Labute approximate surface area is 176 Å². The molecule has 9 nitrogen and oxygen atoms in total. The van der Waals surface area contributed by atoms with Gasteiger partial charge >= 0.3 is 0 Å². The number of fused-ring (bicyclic) bond motifs is 1. The van der Waals surface area contributed by atoms with E-state index in [1.807, 2.05) is 4.90 Å². The minimum atomic E-state index is -3.70. The maximum Gasteiger partial charge on any atom is 0.256 e. The number of primary sulfonamides is 1. The highest BCUT2D eigenvalue weighted by Crippen LogP contribution is 2.36. The summed E-state index contributed by atoms with van der Waals surface area (Å²) in [6, 6.07) is 4.69. The normalized spacial score (nSPS) is 16.7. The van der Waals surface area contributed by atoms with Crippen LogP contribution in [0.1, 0.15) is 34.8 Å². The van der Waals surface area contributed by atoms with Gasteiger partial charge in [0.15, 0.2) is 5.65 Å². The zero-order chi connectivity index (χ0) is 22.2. The largest absolute Gasteiger partial charge is 0.351 e. The average molecular weight is 450 g/mol. The summed E-state index contributed by atoms with van der Waals surface area (Å²) in [5.74, 6) is -1.44. The van der Waals surface area contributed by atoms with Gasteiger partial charge in [0.1, 0.15) is 23.0 Å². The van der Waals surface area contributed by atoms with Crippen molar-refractivity contribution in [1.82, 2.24) is 19.9 Å². The van der Waals surface area contributed by atoms with Crippen molar-refractivity contribution >= 4 is 27.4 Å². The summed E-state index contributed by atoms with van der Waals surface area (Å²) in [4.78, 5) is 18.9. The van der Waals surface area contributed by atoms with E-state index >= 15 is 0 Å². The third-order valence-corrected chi connectivity index (χ3v) is 5.91. The van der Waals surface area contributed by atoms with Gasteiger partial charge in [0.25, 0.3) is 5.91 Å². The van der Waals surface area contributed by atoms with Crippen LogP contribution in [0.3, 0.4) is 0 Å². The lowest BCUT2D eigenvalue weighted by Gasteiger charge is -2.26. The number of nitrogens with two attached hydrogens (primary N) is 1. The fraction of sp³-hybridized carbons (Fsp3) is 0.316. The van der Waals surface area contributed by atoms with Crippen molar-refractivity contribution in [3.8, 4) is 0 Å². The smallest absolute Gasteiger partial charge is 0.256 e. The van der Waals surface area contributed by atoms with Gasteiger partial charge in [0.05, 0.1) is 18.0 Å². The maximum atomic E-state index is 14.4. The highest BCUT2D eigenvalue weighted by molar-refractivity contribution is 7.89. The number of sulfonamides is 1. The fourth-order valence-electron chi connectivity index (χ4n) is 3.72. The molecule has 1 aromatic carbocycles. The number of aromatic nitrogens is 3. The number of nitrogens with one attached hydrogen (secondary N) is 1. The van der Waals surface area contributed by atoms with Crippen LogP contribution in [0.15, 0.2) is 36.7 Å². The molecule has 4 rings (SSSR count). The summed E-state index contributed by atoms with van der Waals surface area (Å²) < 4.78 is 51.5. The van der Waals surface area contributed by atoms with Gasteiger partial charge in [-0.15, -0.1) is 0 Å². The van der Waals surface area contributed by atoms with Crippen molar-refractivity contribution in [2.75, 3.05) is 23.7 Å². The van der Waals surface area contributed by atoms with Gasteiger partial charge in [-0.1, -0.05) is 0 Å². The van der Waals surface area contributed by atoms with Gasteiger partial charge in [0.2, 0.25) is 10.0 Å². The van der Waals surface area contributed by atoms with Gasteiger partial charge in [-0.25, -0.2) is 31.8 Å². The van der Waals surface area contributed by atoms with Crippen LogP contribution >= 0.6 is 0 Å². The molecule has 3 heterocycles. The van der Waals surface area contributed by atoms with E-state index in [2.05, 4.69) is 15.4 Å². The zero-order valence-electron chi connectivity index (χ0n) is 16.3. The van der Waals surface area contributed by atoms with Crippen molar-refractivity contribution < 1.29 is 22.0 Å². The zero-order valence-corrected chi connectivity index (χ0v) is 17.1. The molecule has 1 atom stereocenters. The summed E-state index contributed by atoms with van der Waals surface area (Å²) in [6.45, 7) is 0.440. The van der Waals surface area contributed by atoms with Crippen LogP contribution in [0, 0.1) is 11.6 Å². The predicted octanol–water partition coefficient (Wildman–Crippen LogP) is 1.37. The van der Waals surface area contributed by atoms with E-state index in [0.29, 0.717) is 18.8 Å². The average Bonchev–Trinajstić information content (AvgIpc) is 3.35. The Hall–Kier alpha value is -3.12. The lowest BCUT2D eigenvalue weighted by atomic mass is 10.0. The highest BCUT2D eigenvalue weighted by atomic mass is 32.2. The predicted molar refractivity (Wildman–Crippen MR) is 109 cm³/mol. The standard InChI is InChI=1S/C19H20F2N6O3S/c20-12-3-4-15(21)13(10-12)16-2-1-7-26(16)17-5-8-27-18(25-17)14(11-24-27)19(28)23-6-9-31(22,29)30/h3-5,8,10-11,16H,1-2,6-7,9H2,(H,23,28)(H2,22,29,30)/t16-/m1/s1. The van der Waals surface area contributed by atoms with Crippen LogP contribution in [0.4, 0.5) is 14.6 Å². The van der Waals surface area contributed by atoms with E-state index in [9.17, 15) is 22.0 Å². The molecule has 31 heavy (non-hydrogen) atoms. The number of halogens is 2. The number of nitrogens with zero attached hydrogens (tertiary/aromatic N) is 4. The molecule has 3 aromatic rings. The Kier molecular flexibility index (Phi) is 5.58. The van der Waals surface area contributed by atoms with E-state index < -0.39 is 33.3 Å². The monoisotopic (exact) mass is 450 g/mol. The molecule has 0 saturated carbocycles. The molecule has 0 unspecified atom stereocenters. The molecule has 1 aliphatic rings. The molecule has 0 bridgehead atoms. The number of benzene rings is 1. The first-order chi connectivity index (χ1) is 14.7. The van der Waals surface area contributed by atoms with Gasteiger partial charge in [-0.3, -0.25) is 4.79 Å². The Morgan fingerprint density at radius 1 is 1.29 bits per heavy atom. The molecule has 0 aliphatic carbocycles. The van der Waals surface area contributed by atoms with Crippen molar-refractivity contribution in [2.24, 2.45) is 5.14 Å². The van der Waals surface area contributed by atoms with Crippen LogP contribution in [0.2, 0.25) is 0 Å². The van der Waals surface area contributed by atoms with Gasteiger partial charge in [-0.2, -0.15) is 5.10 Å². The summed E-state index contributed by atoms with van der Waals surface area (Å²) in [5.41, 5.74) is 0.675. The molecule has 1 saturated heterocycles. The molecule has 1 aliphatic heterocycles. The Morgan fingerprint density at radius 3 is 2.87 bits per heavy atom. The fourth-order valence-corrected chi connectivity index (χ4v) is 4.10. The topological polar surface area (TPSA) is 123 Å². The third-order valence-electron chi connectivity index (χ3n) is 5.14. The summed E-state index contributed by atoms with van der Waals surface area (Å²) >= 11 is 0. The number of carbonyl (C=O) groups excluding carboxylic acids is 1. The molecule has 0 spiro atoms. The number of hydrogen-bond acceptors (Lipinski definition) is 6. The van der Waals surface area contributed by atoms with Crippen LogP contribution in [-0.4, -0.2) is 47.8 Å². The highest BCUT2D eigenvalue weighted by Gasteiger charge is 2.30. The molecular weight excluding hydrogens is 430 g/mol. The Morgan fingerprint density at radius 2 is 2.10 bits per heavy atom. The SMILES string of the molecule is NS(=O)(=O)CCNC(=O)c1cnn2ccc(N3CCC[C@@H]3c3cc(F)ccc3F)nc12. The Balaban J connectivity index is 1.62. The summed E-state index contributed by atoms with van der Waals surface area (Å²) in [5, 5.41) is 11.5. The van der Waals surface area contributed by atoms with Gasteiger partial charge < -0.3 is 10.2 Å². The van der Waals surface area contributed by atoms with Crippen LogP contribution in [-0.2, 0) is 10.0 Å². The van der Waals surface area contributed by atoms with E-state index in [0.717, 1.165) is 18.6 Å². The van der Waals surface area contributed by atoms with Crippen LogP contribution in [0.25, 0.3) is 5.65 Å². The summed E-state index contributed by atoms with van der Waals surface area (Å²) in [7, 11) is -3.70. The van der Waals surface area contributed by atoms with E-state index in [1.165, 1.54) is 16.8 Å². The van der Waals surface area contributed by atoms with Crippen molar-refractivity contribution in [3.63, 3.8) is 0 Å². The molecular formula is C19H20F2N6O3S. The second-order valence-corrected chi connectivity index (χ2v) is 8.99. The van der Waals surface area contributed by atoms with Crippen molar-refractivity contribution in [1.29, 1.82) is 0 Å². The van der Waals surface area contributed by atoms with Gasteiger partial charge in [0, 0.05) is 24.8 Å². The maximum absolute atomic E-state index is 14.4. The minimum absolute atomic E-state index is 0.151. The minimum Gasteiger partial charge on any atom is -0.351 e. The van der Waals surface area contributed by atoms with Crippen LogP contribution in [0.5, 0.6) is 0 Å². The quantitative estimate of drug-likeness (QED) is 0.585. The number of amides is 1. The molecule has 1 fully saturated rings. The van der Waals surface area contributed by atoms with E-state index in [-0.39, 0.29) is 29.4 Å². The van der Waals surface area contributed by atoms with Crippen molar-refractivity contribution in [2.45, 2.75) is 18.9 Å².